The minimum Gasteiger partial charge on any atom is -0.497 e. The fraction of sp³-hybridized carbons (Fsp3) is 0.528. The number of urea groups is 1. The number of aromatic nitrogens is 2. The van der Waals surface area contributed by atoms with Crippen LogP contribution in [-0.2, 0) is 19.6 Å². The van der Waals surface area contributed by atoms with E-state index in [-0.39, 0.29) is 37.4 Å². The van der Waals surface area contributed by atoms with Crippen LogP contribution in [0, 0.1) is 5.92 Å². The molecule has 2 saturated carbocycles. The van der Waals surface area contributed by atoms with Crippen LogP contribution in [-0.4, -0.2) is 102 Å². The van der Waals surface area contributed by atoms with Crippen LogP contribution in [0.25, 0.3) is 22.2 Å². The second kappa shape index (κ2) is 14.2. The molecule has 7 rings (SSSR count). The summed E-state index contributed by atoms with van der Waals surface area (Å²) in [7, 11) is -0.530. The summed E-state index contributed by atoms with van der Waals surface area (Å²) in [6, 6.07) is 6.41. The van der Waals surface area contributed by atoms with E-state index in [1.807, 2.05) is 55.6 Å². The normalized spacial score (nSPS) is 25.9. The van der Waals surface area contributed by atoms with Gasteiger partial charge in [-0.15, -0.1) is 11.3 Å². The number of hydrogen-bond acceptors (Lipinski definition) is 11. The number of fused-ring (bicyclic) bond motifs is 3. The van der Waals surface area contributed by atoms with Gasteiger partial charge in [-0.25, -0.2) is 23.2 Å². The molecule has 2 aliphatic heterocycles. The number of hydrogen-bond donors (Lipinski definition) is 3. The Balaban J connectivity index is 1.19. The Morgan fingerprint density at radius 2 is 1.94 bits per heavy atom. The van der Waals surface area contributed by atoms with E-state index in [2.05, 4.69) is 15.4 Å². The van der Waals surface area contributed by atoms with Crippen molar-refractivity contribution in [2.45, 2.75) is 87.8 Å². The lowest BCUT2D eigenvalue weighted by molar-refractivity contribution is -0.131. The molecule has 4 amide bonds. The standard InChI is InChI=1S/C36H45N7O7S2/c1-21(2)37-34-39-29(20-51-34)28-16-22-15-24(49-4)10-13-27(22)32(38-28)50-25-17-30-31(44)40-36(33(45)41-52(47,48)26-11-12-26)18-23(36)9-7-5-6-8-14-42(3)35(46)43(30)19-25/h7,9-10,13,15-16,20-21,23,25-26,30H,5-6,8,11-12,14,17-19H2,1-4H3,(H,37,39)(H,40,44)(H,41,45)/b9-7+. The highest BCUT2D eigenvalue weighted by Crippen LogP contribution is 2.46. The number of amides is 4. The molecule has 16 heteroatoms. The SMILES string of the molecule is COc1ccc2c(OC3CC4C(=O)NC5(C(=O)NS(=O)(=O)C6CC6)CC5/C=C/CCCCN(C)C(=O)N4C3)nc(-c3csc(NC(C)C)n3)cc2c1. The molecule has 4 unspecified atom stereocenters. The number of allylic oxidation sites excluding steroid dienone is 1. The van der Waals surface area contributed by atoms with Gasteiger partial charge in [0.25, 0.3) is 5.91 Å². The van der Waals surface area contributed by atoms with Crippen LogP contribution in [0.3, 0.4) is 0 Å². The molecule has 2 aromatic heterocycles. The Bertz CT molecular complexity index is 2010. The predicted molar refractivity (Wildman–Crippen MR) is 198 cm³/mol. The van der Waals surface area contributed by atoms with Gasteiger partial charge < -0.3 is 29.9 Å². The summed E-state index contributed by atoms with van der Waals surface area (Å²) < 4.78 is 39.9. The minimum absolute atomic E-state index is 0.0998. The number of benzene rings is 1. The quantitative estimate of drug-likeness (QED) is 0.268. The number of carbonyl (C=O) groups excluding carboxylic acids is 3. The molecule has 1 aromatic carbocycles. The molecular formula is C36H45N7O7S2. The molecule has 3 N–H and O–H groups in total. The van der Waals surface area contributed by atoms with E-state index in [0.29, 0.717) is 42.4 Å². The molecule has 278 valence electrons. The molecule has 52 heavy (non-hydrogen) atoms. The largest absolute Gasteiger partial charge is 0.497 e. The minimum atomic E-state index is -3.84. The summed E-state index contributed by atoms with van der Waals surface area (Å²) >= 11 is 1.48. The van der Waals surface area contributed by atoms with Crippen molar-refractivity contribution in [2.24, 2.45) is 5.92 Å². The Morgan fingerprint density at radius 1 is 1.13 bits per heavy atom. The monoisotopic (exact) mass is 751 g/mol. The molecule has 3 aromatic rings. The number of nitrogens with one attached hydrogen (secondary N) is 3. The summed E-state index contributed by atoms with van der Waals surface area (Å²) in [5.41, 5.74) is -0.167. The summed E-state index contributed by atoms with van der Waals surface area (Å²) in [6.45, 7) is 4.69. The number of thiazole rings is 1. The number of methoxy groups -OCH3 is 1. The van der Waals surface area contributed by atoms with Gasteiger partial charge in [0.15, 0.2) is 5.13 Å². The number of rotatable bonds is 9. The fourth-order valence-corrected chi connectivity index (χ4v) is 9.13. The van der Waals surface area contributed by atoms with Crippen molar-refractivity contribution < 1.29 is 32.3 Å². The number of ether oxygens (including phenoxy) is 2. The average Bonchev–Trinajstić information content (AvgIpc) is 3.99. The number of carbonyl (C=O) groups is 3. The van der Waals surface area contributed by atoms with Crippen molar-refractivity contribution in [3.63, 3.8) is 0 Å². The van der Waals surface area contributed by atoms with Gasteiger partial charge in [-0.05, 0) is 82.0 Å². The van der Waals surface area contributed by atoms with Crippen LogP contribution in [0.15, 0.2) is 41.8 Å². The van der Waals surface area contributed by atoms with Crippen molar-refractivity contribution in [2.75, 3.05) is 32.6 Å². The maximum absolute atomic E-state index is 14.2. The van der Waals surface area contributed by atoms with Crippen molar-refractivity contribution >= 4 is 55.1 Å². The number of sulfonamides is 1. The molecule has 1 saturated heterocycles. The van der Waals surface area contributed by atoms with Crippen molar-refractivity contribution in [3.8, 4) is 23.0 Å². The van der Waals surface area contributed by atoms with E-state index in [9.17, 15) is 22.8 Å². The maximum Gasteiger partial charge on any atom is 0.320 e. The van der Waals surface area contributed by atoms with Gasteiger partial charge in [-0.3, -0.25) is 14.3 Å². The van der Waals surface area contributed by atoms with Crippen LogP contribution in [0.4, 0.5) is 9.93 Å². The number of anilines is 1. The van der Waals surface area contributed by atoms with E-state index >= 15 is 0 Å². The highest BCUT2D eigenvalue weighted by Gasteiger charge is 2.62. The lowest BCUT2D eigenvalue weighted by Gasteiger charge is -2.30. The fourth-order valence-electron chi connectivity index (χ4n) is 6.91. The zero-order valence-corrected chi connectivity index (χ0v) is 31.4. The molecule has 14 nitrogen and oxygen atoms in total. The summed E-state index contributed by atoms with van der Waals surface area (Å²) in [5.74, 6) is -0.664. The van der Waals surface area contributed by atoms with Gasteiger partial charge >= 0.3 is 6.03 Å². The van der Waals surface area contributed by atoms with Gasteiger partial charge in [0.2, 0.25) is 21.8 Å². The van der Waals surface area contributed by atoms with E-state index in [4.69, 9.17) is 19.4 Å². The zero-order valence-electron chi connectivity index (χ0n) is 29.8. The first-order valence-corrected chi connectivity index (χ1v) is 20.2. The van der Waals surface area contributed by atoms with Crippen LogP contribution in [0.2, 0.25) is 0 Å². The Labute approximate surface area is 307 Å². The van der Waals surface area contributed by atoms with Crippen molar-refractivity contribution in [1.82, 2.24) is 29.8 Å². The van der Waals surface area contributed by atoms with Crippen LogP contribution >= 0.6 is 11.3 Å². The molecule has 3 fully saturated rings. The van der Waals surface area contributed by atoms with E-state index in [1.54, 1.807) is 19.1 Å². The Hall–Kier alpha value is -4.44. The van der Waals surface area contributed by atoms with E-state index in [0.717, 1.165) is 35.2 Å². The average molecular weight is 752 g/mol. The maximum atomic E-state index is 14.2. The van der Waals surface area contributed by atoms with Crippen LogP contribution in [0.5, 0.6) is 11.6 Å². The lowest BCUT2D eigenvalue weighted by Crippen LogP contribution is -2.57. The van der Waals surface area contributed by atoms with Crippen molar-refractivity contribution in [3.05, 3.63) is 41.8 Å². The molecule has 2 aliphatic carbocycles. The van der Waals surface area contributed by atoms with E-state index in [1.165, 1.54) is 16.2 Å². The topological polar surface area (TPSA) is 172 Å². The van der Waals surface area contributed by atoms with Crippen LogP contribution in [0.1, 0.15) is 58.8 Å². The van der Waals surface area contributed by atoms with Gasteiger partial charge in [0.1, 0.15) is 29.1 Å². The Kier molecular flexibility index (Phi) is 9.80. The second-order valence-electron chi connectivity index (χ2n) is 14.5. The molecule has 0 radical (unpaired) electrons. The first-order valence-electron chi connectivity index (χ1n) is 17.8. The molecule has 4 atom stereocenters. The third-order valence-electron chi connectivity index (χ3n) is 10.0. The smallest absolute Gasteiger partial charge is 0.320 e. The molecule has 4 heterocycles. The third-order valence-corrected chi connectivity index (χ3v) is 12.6. The highest BCUT2D eigenvalue weighted by atomic mass is 32.2. The molecular weight excluding hydrogens is 707 g/mol. The number of nitrogens with zero attached hydrogens (tertiary/aromatic N) is 4. The third kappa shape index (κ3) is 7.40. The lowest BCUT2D eigenvalue weighted by atomic mass is 10.1. The molecule has 4 aliphatic rings. The van der Waals surface area contributed by atoms with Gasteiger partial charge in [-0.1, -0.05) is 12.2 Å². The molecule has 0 bridgehead atoms. The zero-order chi connectivity index (χ0) is 36.8. The second-order valence-corrected chi connectivity index (χ2v) is 17.3. The first kappa shape index (κ1) is 35.9. The molecule has 0 spiro atoms. The Morgan fingerprint density at radius 3 is 2.69 bits per heavy atom. The summed E-state index contributed by atoms with van der Waals surface area (Å²) in [4.78, 5) is 54.4. The van der Waals surface area contributed by atoms with Gasteiger partial charge in [0.05, 0.1) is 24.6 Å². The van der Waals surface area contributed by atoms with Gasteiger partial charge in [0, 0.05) is 42.7 Å². The van der Waals surface area contributed by atoms with Gasteiger partial charge in [-0.2, -0.15) is 0 Å². The van der Waals surface area contributed by atoms with Crippen LogP contribution < -0.4 is 24.8 Å². The highest BCUT2D eigenvalue weighted by molar-refractivity contribution is 7.91. The summed E-state index contributed by atoms with van der Waals surface area (Å²) in [6.07, 6.45) is 6.94. The predicted octanol–water partition coefficient (Wildman–Crippen LogP) is 4.28. The van der Waals surface area contributed by atoms with Crippen molar-refractivity contribution in [1.29, 1.82) is 0 Å². The number of pyridine rings is 1. The summed E-state index contributed by atoms with van der Waals surface area (Å²) in [5, 5.41) is 9.87. The first-order chi connectivity index (χ1) is 24.9. The van der Waals surface area contributed by atoms with E-state index < -0.39 is 44.8 Å².